The van der Waals surface area contributed by atoms with Crippen LogP contribution in [0.2, 0.25) is 0 Å². The van der Waals surface area contributed by atoms with Gasteiger partial charge in [0.2, 0.25) is 0 Å². The predicted octanol–water partition coefficient (Wildman–Crippen LogP) is 5.90. The van der Waals surface area contributed by atoms with E-state index in [9.17, 15) is 0 Å². The molecule has 0 amide bonds. The number of methoxy groups -OCH3 is 1. The van der Waals surface area contributed by atoms with Gasteiger partial charge in [0.25, 0.3) is 0 Å². The van der Waals surface area contributed by atoms with Gasteiger partial charge in [-0.2, -0.15) is 0 Å². The Morgan fingerprint density at radius 2 is 1.07 bits per heavy atom. The van der Waals surface area contributed by atoms with Crippen LogP contribution in [0, 0.1) is 20.0 Å². The first-order valence-electron chi connectivity index (χ1n) is 12.2. The Hall–Kier alpha value is -4.19. The average Bonchev–Trinajstić information content (AvgIpc) is 3.08. The summed E-state index contributed by atoms with van der Waals surface area (Å²) in [7, 11) is 0.865. The minimum Gasteiger partial charge on any atom is 0 e. The Balaban J connectivity index is 0.00000119. The maximum Gasteiger partial charge on any atom is 0 e. The quantitative estimate of drug-likeness (QED) is 0.124. The topological polar surface area (TPSA) is 91.1 Å². The molecule has 0 aliphatic carbocycles. The van der Waals surface area contributed by atoms with Crippen LogP contribution < -0.4 is 25.4 Å². The molecule has 0 fully saturated rings. The predicted molar refractivity (Wildman–Crippen MR) is 157 cm³/mol. The van der Waals surface area contributed by atoms with Crippen molar-refractivity contribution in [1.82, 2.24) is 4.98 Å². The Kier molecular flexibility index (Phi) is 17.6. The van der Waals surface area contributed by atoms with E-state index in [-0.39, 0.29) is 23.5 Å². The van der Waals surface area contributed by atoms with Crippen LogP contribution in [0.15, 0.2) is 134 Å². The molecule has 4 aromatic carbocycles. The van der Waals surface area contributed by atoms with E-state index in [1.54, 1.807) is 7.11 Å². The molecule has 0 radical (unpaired) electrons. The van der Waals surface area contributed by atoms with Gasteiger partial charge in [0.05, 0.1) is 12.8 Å². The third kappa shape index (κ3) is 9.72. The van der Waals surface area contributed by atoms with Crippen molar-refractivity contribution in [2.45, 2.75) is 6.10 Å². The Labute approximate surface area is 258 Å². The zero-order valence-electron chi connectivity index (χ0n) is 22.6. The number of nitrogens with zero attached hydrogens (tertiary/aromatic N) is 1. The SMILES string of the molecule is COc1ccc(O[C@H](c2ccccn2)c2ccccc2P(c2ccccc2)c2ccccc2)cc1.[C-]#[O+].[C-]#[O+].[C-]#[O+].[Cr]. The maximum absolute atomic E-state index is 7.50. The number of rotatable bonds is 8. The van der Waals surface area contributed by atoms with Gasteiger partial charge >= 0.3 is 33.9 Å². The summed E-state index contributed by atoms with van der Waals surface area (Å²) in [5.74, 6) is 1.56. The van der Waals surface area contributed by atoms with Crippen LogP contribution in [-0.4, -0.2) is 12.1 Å². The molecule has 1 aromatic heterocycles. The van der Waals surface area contributed by atoms with Crippen LogP contribution in [0.4, 0.5) is 0 Å². The molecule has 1 heterocycles. The van der Waals surface area contributed by atoms with Gasteiger partial charge in [-0.15, -0.1) is 0 Å². The molecule has 42 heavy (non-hydrogen) atoms. The van der Waals surface area contributed by atoms with Gasteiger partial charge in [0.15, 0.2) is 6.10 Å². The largest absolute Gasteiger partial charge is 0 e. The number of pyridine rings is 1. The summed E-state index contributed by atoms with van der Waals surface area (Å²) >= 11 is 0. The molecule has 8 heteroatoms. The van der Waals surface area contributed by atoms with Crippen molar-refractivity contribution in [3.05, 3.63) is 165 Å². The first-order valence-corrected chi connectivity index (χ1v) is 13.5. The molecule has 0 unspecified atom stereocenters. The number of benzene rings is 4. The van der Waals surface area contributed by atoms with Gasteiger partial charge in [0.1, 0.15) is 11.5 Å². The molecule has 5 aromatic rings. The number of hydrogen-bond acceptors (Lipinski definition) is 3. The van der Waals surface area contributed by atoms with Gasteiger partial charge in [-0.1, -0.05) is 91.0 Å². The standard InChI is InChI=1S/C31H26NO2P.3CO.Cr/c1-33-24-19-21-25(22-20-24)34-31(29-17-10-11-23-32-29)28-16-8-9-18-30(28)35(26-12-4-2-5-13-26)27-14-6-3-7-15-27;3*1-2;/h2-23,31H,1H3;;;;/t31-;;;;/m0..../s1. The normalized spacial score (nSPS) is 9.90. The molecular formula is C34H26CrNO5P. The van der Waals surface area contributed by atoms with Crippen molar-refractivity contribution < 1.29 is 40.8 Å². The fraction of sp³-hybridized carbons (Fsp3) is 0.0588. The molecule has 208 valence electrons. The smallest absolute Gasteiger partial charge is 0 e. The second-order valence-corrected chi connectivity index (χ2v) is 10.2. The van der Waals surface area contributed by atoms with Crippen molar-refractivity contribution in [3.63, 3.8) is 0 Å². The summed E-state index contributed by atoms with van der Waals surface area (Å²) in [5.41, 5.74) is 1.98. The van der Waals surface area contributed by atoms with E-state index >= 15 is 0 Å². The summed E-state index contributed by atoms with van der Waals surface area (Å²) in [6.45, 7) is 13.5. The summed E-state index contributed by atoms with van der Waals surface area (Å²) in [6.07, 6.45) is 1.46. The number of aromatic nitrogens is 1. The summed E-state index contributed by atoms with van der Waals surface area (Å²) < 4.78 is 34.5. The minimum absolute atomic E-state index is 0. The third-order valence-corrected chi connectivity index (χ3v) is 8.28. The third-order valence-electron chi connectivity index (χ3n) is 5.76. The second kappa shape index (κ2) is 20.7. The van der Waals surface area contributed by atoms with Crippen molar-refractivity contribution in [1.29, 1.82) is 0 Å². The molecule has 0 aliphatic heterocycles. The molecular weight excluding hydrogens is 585 g/mol. The fourth-order valence-electron chi connectivity index (χ4n) is 4.10. The first-order chi connectivity index (χ1) is 20.3. The fourth-order valence-corrected chi connectivity index (χ4v) is 6.58. The van der Waals surface area contributed by atoms with Gasteiger partial charge in [-0.25, -0.2) is 0 Å². The van der Waals surface area contributed by atoms with Gasteiger partial charge in [0, 0.05) is 29.1 Å². The first kappa shape index (κ1) is 35.8. The summed E-state index contributed by atoms with van der Waals surface area (Å²) in [4.78, 5) is 4.69. The van der Waals surface area contributed by atoms with Crippen molar-refractivity contribution in [2.24, 2.45) is 0 Å². The number of hydrogen-bond donors (Lipinski definition) is 0. The molecule has 0 saturated heterocycles. The van der Waals surface area contributed by atoms with Crippen LogP contribution in [-0.2, 0) is 31.3 Å². The molecule has 6 nitrogen and oxygen atoms in total. The summed E-state index contributed by atoms with van der Waals surface area (Å²) in [6, 6.07) is 43.7. The van der Waals surface area contributed by atoms with Gasteiger partial charge < -0.3 is 9.47 Å². The maximum atomic E-state index is 7.50. The minimum atomic E-state index is -0.800. The van der Waals surface area contributed by atoms with Crippen LogP contribution in [0.1, 0.15) is 17.4 Å². The van der Waals surface area contributed by atoms with E-state index in [0.717, 1.165) is 22.8 Å². The van der Waals surface area contributed by atoms with Gasteiger partial charge in [-0.3, -0.25) is 4.98 Å². The van der Waals surface area contributed by atoms with Crippen LogP contribution in [0.5, 0.6) is 11.5 Å². The Morgan fingerprint density at radius 3 is 1.57 bits per heavy atom. The van der Waals surface area contributed by atoms with Crippen LogP contribution in [0.25, 0.3) is 0 Å². The van der Waals surface area contributed by atoms with E-state index in [0.29, 0.717) is 0 Å². The zero-order chi connectivity index (χ0) is 29.9. The average molecular weight is 612 g/mol. The van der Waals surface area contributed by atoms with Crippen molar-refractivity contribution in [3.8, 4) is 11.5 Å². The van der Waals surface area contributed by atoms with E-state index in [1.807, 2.05) is 48.7 Å². The second-order valence-electron chi connectivity index (χ2n) is 7.99. The van der Waals surface area contributed by atoms with Crippen LogP contribution >= 0.6 is 7.92 Å². The number of ether oxygens (including phenoxy) is 2. The monoisotopic (exact) mass is 611 g/mol. The van der Waals surface area contributed by atoms with Crippen molar-refractivity contribution >= 4 is 23.8 Å². The van der Waals surface area contributed by atoms with E-state index in [4.69, 9.17) is 23.4 Å². The van der Waals surface area contributed by atoms with E-state index in [1.165, 1.54) is 15.9 Å². The zero-order valence-corrected chi connectivity index (χ0v) is 24.8. The molecule has 0 spiro atoms. The van der Waals surface area contributed by atoms with Crippen LogP contribution in [0.3, 0.4) is 0 Å². The van der Waals surface area contributed by atoms with Crippen molar-refractivity contribution in [2.75, 3.05) is 7.11 Å². The molecule has 5 rings (SSSR count). The molecule has 0 saturated carbocycles. The summed E-state index contributed by atoms with van der Waals surface area (Å²) in [5, 5.41) is 3.85. The molecule has 0 bridgehead atoms. The van der Waals surface area contributed by atoms with E-state index in [2.05, 4.69) is 110 Å². The molecule has 0 N–H and O–H groups in total. The molecule has 0 aliphatic rings. The molecule has 1 atom stereocenters. The Bertz CT molecular complexity index is 1440. The van der Waals surface area contributed by atoms with E-state index < -0.39 is 7.92 Å². The van der Waals surface area contributed by atoms with Gasteiger partial charge in [-0.05, 0) is 60.2 Å². The Morgan fingerprint density at radius 1 is 0.595 bits per heavy atom.